The van der Waals surface area contributed by atoms with Crippen molar-refractivity contribution in [2.75, 3.05) is 10.6 Å². The van der Waals surface area contributed by atoms with Gasteiger partial charge in [-0.2, -0.15) is 22.7 Å². The Kier molecular flexibility index (Phi) is 5.55. The van der Waals surface area contributed by atoms with Crippen molar-refractivity contribution in [3.63, 3.8) is 0 Å². The van der Waals surface area contributed by atoms with E-state index < -0.39 is 17.3 Å². The van der Waals surface area contributed by atoms with Crippen LogP contribution in [0.3, 0.4) is 0 Å². The van der Waals surface area contributed by atoms with Crippen LogP contribution in [0.5, 0.6) is 0 Å². The molecule has 0 aliphatic carbocycles. The van der Waals surface area contributed by atoms with Crippen LogP contribution in [0.1, 0.15) is 16.8 Å². The van der Waals surface area contributed by atoms with Crippen molar-refractivity contribution in [2.45, 2.75) is 19.3 Å². The highest BCUT2D eigenvalue weighted by Gasteiger charge is 2.30. The van der Waals surface area contributed by atoms with Crippen LogP contribution in [0, 0.1) is 0 Å². The molecule has 0 aliphatic rings. The maximum Gasteiger partial charge on any atom is 0.416 e. The van der Waals surface area contributed by atoms with Crippen molar-refractivity contribution in [1.82, 2.24) is 19.6 Å². The molecule has 0 aliphatic heterocycles. The smallest absolute Gasteiger partial charge is 0.379 e. The molecule has 7 nitrogen and oxygen atoms in total. The first kappa shape index (κ1) is 20.7. The fraction of sp³-hybridized carbons (Fsp3) is 0.150. The van der Waals surface area contributed by atoms with Gasteiger partial charge in [0.25, 0.3) is 11.3 Å². The van der Waals surface area contributed by atoms with E-state index in [-0.39, 0.29) is 18.0 Å². The topological polar surface area (TPSA) is 87.1 Å². The molecule has 2 aromatic heterocycles. The van der Waals surface area contributed by atoms with Gasteiger partial charge in [-0.15, -0.1) is 0 Å². The zero-order chi connectivity index (χ0) is 22.0. The number of hydrogen-bond acceptors (Lipinski definition) is 5. The summed E-state index contributed by atoms with van der Waals surface area (Å²) in [6.07, 6.45) is -4.43. The minimum atomic E-state index is -4.43. The first-order chi connectivity index (χ1) is 14.8. The van der Waals surface area contributed by atoms with Gasteiger partial charge in [0.15, 0.2) is 0 Å². The molecule has 2 aromatic carbocycles. The number of rotatable bonds is 6. The van der Waals surface area contributed by atoms with E-state index >= 15 is 0 Å². The van der Waals surface area contributed by atoms with Crippen LogP contribution in [0.2, 0.25) is 5.02 Å². The maximum absolute atomic E-state index is 12.8. The van der Waals surface area contributed by atoms with Crippen molar-refractivity contribution in [3.8, 4) is 0 Å². The molecule has 0 atom stereocenters. The number of nitrogens with zero attached hydrogens (tertiary/aromatic N) is 3. The summed E-state index contributed by atoms with van der Waals surface area (Å²) in [4.78, 5) is 20.9. The summed E-state index contributed by atoms with van der Waals surface area (Å²) in [5.74, 6) is 0.461. The molecular formula is C20H16ClF3N6O. The Balaban J connectivity index is 1.49. The molecule has 0 amide bonds. The van der Waals surface area contributed by atoms with Gasteiger partial charge >= 0.3 is 6.18 Å². The number of aromatic amines is 1. The molecule has 4 aromatic rings. The Morgan fingerprint density at radius 3 is 2.58 bits per heavy atom. The van der Waals surface area contributed by atoms with E-state index in [1.54, 1.807) is 6.07 Å². The van der Waals surface area contributed by atoms with E-state index in [0.717, 1.165) is 17.7 Å². The van der Waals surface area contributed by atoms with Gasteiger partial charge in [-0.25, -0.2) is 4.98 Å². The predicted octanol–water partition coefficient (Wildman–Crippen LogP) is 4.31. The van der Waals surface area contributed by atoms with Crippen LogP contribution in [-0.4, -0.2) is 19.6 Å². The molecule has 0 radical (unpaired) electrons. The van der Waals surface area contributed by atoms with E-state index in [9.17, 15) is 18.0 Å². The zero-order valence-electron chi connectivity index (χ0n) is 15.9. The molecule has 3 N–H and O–H groups in total. The lowest BCUT2D eigenvalue weighted by atomic mass is 10.2. The van der Waals surface area contributed by atoms with Gasteiger partial charge in [-0.3, -0.25) is 9.89 Å². The molecule has 0 spiro atoms. The lowest BCUT2D eigenvalue weighted by molar-refractivity contribution is -0.137. The standard InChI is InChI=1S/C20H16ClF3N6O/c21-16-7-2-1-4-12(16)10-26-18-28-19-27-15(9-17(31)30(19)29-18)11-25-14-6-3-5-13(8-14)20(22,23)24/h1-9,25H,10-11H2,(H2,26,27,28,29). The molecule has 2 heterocycles. The lowest BCUT2D eigenvalue weighted by Crippen LogP contribution is -2.17. The Morgan fingerprint density at radius 2 is 1.81 bits per heavy atom. The second kappa shape index (κ2) is 8.31. The van der Waals surface area contributed by atoms with Crippen LogP contribution >= 0.6 is 11.6 Å². The number of benzene rings is 2. The second-order valence-corrected chi connectivity index (χ2v) is 7.08. The van der Waals surface area contributed by atoms with Gasteiger partial charge < -0.3 is 10.6 Å². The third-order valence-electron chi connectivity index (χ3n) is 4.45. The summed E-state index contributed by atoms with van der Waals surface area (Å²) in [5, 5.41) is 9.30. The minimum Gasteiger partial charge on any atom is -0.379 e. The van der Waals surface area contributed by atoms with E-state index in [2.05, 4.69) is 25.7 Å². The average molecular weight is 449 g/mol. The highest BCUT2D eigenvalue weighted by atomic mass is 35.5. The average Bonchev–Trinajstić information content (AvgIpc) is 3.15. The fourth-order valence-electron chi connectivity index (χ4n) is 2.92. The number of anilines is 2. The Bertz CT molecular complexity index is 1280. The zero-order valence-corrected chi connectivity index (χ0v) is 16.6. The molecule has 0 saturated heterocycles. The van der Waals surface area contributed by atoms with Crippen molar-refractivity contribution < 1.29 is 13.2 Å². The molecule has 0 fully saturated rings. The normalized spacial score (nSPS) is 11.6. The molecular weight excluding hydrogens is 433 g/mol. The molecule has 0 bridgehead atoms. The van der Waals surface area contributed by atoms with Gasteiger partial charge in [0.05, 0.1) is 17.8 Å². The number of aromatic nitrogens is 4. The summed E-state index contributed by atoms with van der Waals surface area (Å²) >= 11 is 6.13. The quantitative estimate of drug-likeness (QED) is 0.409. The van der Waals surface area contributed by atoms with E-state index in [0.29, 0.717) is 23.2 Å². The van der Waals surface area contributed by atoms with Gasteiger partial charge in [0.2, 0.25) is 5.95 Å². The molecule has 0 saturated carbocycles. The van der Waals surface area contributed by atoms with Crippen molar-refractivity contribution in [2.24, 2.45) is 0 Å². The van der Waals surface area contributed by atoms with E-state index in [1.807, 2.05) is 18.2 Å². The molecule has 11 heteroatoms. The highest BCUT2D eigenvalue weighted by molar-refractivity contribution is 6.31. The third kappa shape index (κ3) is 4.80. The number of nitrogens with one attached hydrogen (secondary N) is 3. The molecule has 160 valence electrons. The number of alkyl halides is 3. The highest BCUT2D eigenvalue weighted by Crippen LogP contribution is 2.30. The van der Waals surface area contributed by atoms with Gasteiger partial charge in [0, 0.05) is 23.3 Å². The lowest BCUT2D eigenvalue weighted by Gasteiger charge is -2.10. The molecule has 31 heavy (non-hydrogen) atoms. The van der Waals surface area contributed by atoms with Crippen LogP contribution < -0.4 is 16.2 Å². The predicted molar refractivity (Wildman–Crippen MR) is 111 cm³/mol. The number of halogens is 4. The Labute approximate surface area is 178 Å². The summed E-state index contributed by atoms with van der Waals surface area (Å²) in [6, 6.07) is 13.4. The Hall–Kier alpha value is -3.53. The summed E-state index contributed by atoms with van der Waals surface area (Å²) in [6.45, 7) is 0.445. The Morgan fingerprint density at radius 1 is 1.00 bits per heavy atom. The molecule has 0 unspecified atom stereocenters. The van der Waals surface area contributed by atoms with Crippen molar-refractivity contribution >= 4 is 29.0 Å². The first-order valence-electron chi connectivity index (χ1n) is 9.17. The third-order valence-corrected chi connectivity index (χ3v) is 4.82. The fourth-order valence-corrected chi connectivity index (χ4v) is 3.12. The van der Waals surface area contributed by atoms with Crippen LogP contribution in [0.15, 0.2) is 59.4 Å². The number of H-pyrrole nitrogens is 1. The maximum atomic E-state index is 12.8. The minimum absolute atomic E-state index is 0.0578. The van der Waals surface area contributed by atoms with Gasteiger partial charge in [-0.1, -0.05) is 35.9 Å². The van der Waals surface area contributed by atoms with Crippen molar-refractivity contribution in [3.05, 3.63) is 86.8 Å². The van der Waals surface area contributed by atoms with E-state index in [4.69, 9.17) is 11.6 Å². The van der Waals surface area contributed by atoms with Crippen molar-refractivity contribution in [1.29, 1.82) is 0 Å². The molecule has 4 rings (SSSR count). The van der Waals surface area contributed by atoms with Crippen LogP contribution in [0.25, 0.3) is 5.78 Å². The van der Waals surface area contributed by atoms with E-state index in [1.165, 1.54) is 22.7 Å². The summed E-state index contributed by atoms with van der Waals surface area (Å²) in [5.41, 5.74) is 0.301. The summed E-state index contributed by atoms with van der Waals surface area (Å²) in [7, 11) is 0. The van der Waals surface area contributed by atoms with Gasteiger partial charge in [0.1, 0.15) is 0 Å². The second-order valence-electron chi connectivity index (χ2n) is 6.67. The monoisotopic (exact) mass is 448 g/mol. The first-order valence-corrected chi connectivity index (χ1v) is 9.54. The summed E-state index contributed by atoms with van der Waals surface area (Å²) < 4.78 is 39.7. The van der Waals surface area contributed by atoms with Crippen LogP contribution in [-0.2, 0) is 19.3 Å². The number of hydrogen-bond donors (Lipinski definition) is 3. The van der Waals surface area contributed by atoms with Gasteiger partial charge in [-0.05, 0) is 29.8 Å². The largest absolute Gasteiger partial charge is 0.416 e. The van der Waals surface area contributed by atoms with Crippen LogP contribution in [0.4, 0.5) is 24.8 Å². The SMILES string of the molecule is O=c1cc(CNc2cccc(C(F)(F)F)c2)nc2nc(NCc3ccccc3Cl)[nH]n12. The number of fused-ring (bicyclic) bond motifs is 1.